The van der Waals surface area contributed by atoms with E-state index in [1.807, 2.05) is 6.07 Å². The van der Waals surface area contributed by atoms with Crippen molar-refractivity contribution in [2.75, 3.05) is 27.3 Å². The Morgan fingerprint density at radius 3 is 1.80 bits per heavy atom. The van der Waals surface area contributed by atoms with Gasteiger partial charge in [0.2, 0.25) is 0 Å². The average Bonchev–Trinajstić information content (AvgIpc) is 2.38. The predicted molar refractivity (Wildman–Crippen MR) is 84.0 cm³/mol. The average molecular weight is 277 g/mol. The van der Waals surface area contributed by atoms with Gasteiger partial charge in [-0.1, -0.05) is 26.7 Å². The van der Waals surface area contributed by atoms with Gasteiger partial charge in [0.1, 0.15) is 11.5 Å². The lowest BCUT2D eigenvalue weighted by molar-refractivity contribution is 0.294. The molecular weight excluding hydrogens is 250 g/mol. The van der Waals surface area contributed by atoms with Crippen molar-refractivity contribution in [3.8, 4) is 11.5 Å². The number of rotatable bonds is 10. The Labute approximate surface area is 123 Å². The third-order valence-electron chi connectivity index (χ3n) is 2.76. The quantitative estimate of drug-likeness (QED) is 0.608. The Balaban J connectivity index is 2.72. The van der Waals surface area contributed by atoms with Gasteiger partial charge in [-0.25, -0.2) is 0 Å². The fraction of sp³-hybridized carbons (Fsp3) is 0.529. The van der Waals surface area contributed by atoms with Crippen molar-refractivity contribution < 1.29 is 9.47 Å². The molecule has 0 saturated carbocycles. The molecule has 0 fully saturated rings. The van der Waals surface area contributed by atoms with Crippen molar-refractivity contribution in [2.45, 2.75) is 32.2 Å². The first kappa shape index (κ1) is 16.8. The number of nitrogens with zero attached hydrogens (tertiary/aromatic N) is 1. The number of unbranched alkanes of at least 4 members (excludes halogenated alkanes) is 2. The Morgan fingerprint density at radius 1 is 0.900 bits per heavy atom. The summed E-state index contributed by atoms with van der Waals surface area (Å²) < 4.78 is 11.5. The second-order valence-electron chi connectivity index (χ2n) is 5.16. The van der Waals surface area contributed by atoms with Gasteiger partial charge in [0.05, 0.1) is 13.2 Å². The van der Waals surface area contributed by atoms with Crippen LogP contribution in [0.2, 0.25) is 0 Å². The molecular formula is C17H27NO2. The molecule has 3 nitrogen and oxygen atoms in total. The molecule has 0 saturated heterocycles. The zero-order valence-corrected chi connectivity index (χ0v) is 12.9. The van der Waals surface area contributed by atoms with Gasteiger partial charge < -0.3 is 14.4 Å². The first-order valence-electron chi connectivity index (χ1n) is 7.28. The predicted octanol–water partition coefficient (Wildman–Crippen LogP) is 3.73. The largest absolute Gasteiger partial charge is 0.493 e. The molecule has 0 N–H and O–H groups in total. The van der Waals surface area contributed by atoms with Crippen LogP contribution in [0.3, 0.4) is 0 Å². The van der Waals surface area contributed by atoms with Gasteiger partial charge in [0.25, 0.3) is 0 Å². The van der Waals surface area contributed by atoms with Crippen LogP contribution in [-0.4, -0.2) is 32.2 Å². The van der Waals surface area contributed by atoms with Crippen LogP contribution in [0.25, 0.3) is 0 Å². The lowest BCUT2D eigenvalue weighted by Gasteiger charge is -2.14. The van der Waals surface area contributed by atoms with E-state index >= 15 is 0 Å². The van der Waals surface area contributed by atoms with Crippen LogP contribution in [0, 0.1) is 13.8 Å². The summed E-state index contributed by atoms with van der Waals surface area (Å²) in [5, 5.41) is 0. The van der Waals surface area contributed by atoms with Gasteiger partial charge in [-0.05, 0) is 44.6 Å². The number of hydrogen-bond donors (Lipinski definition) is 0. The highest BCUT2D eigenvalue weighted by atomic mass is 16.5. The minimum atomic E-state index is 0.702. The number of benzene rings is 1. The van der Waals surface area contributed by atoms with Crippen LogP contribution in [0.4, 0.5) is 0 Å². The zero-order valence-electron chi connectivity index (χ0n) is 12.9. The van der Waals surface area contributed by atoms with Crippen molar-refractivity contribution in [1.82, 2.24) is 4.90 Å². The van der Waals surface area contributed by atoms with Crippen LogP contribution >= 0.6 is 0 Å². The molecule has 0 aromatic heterocycles. The SMILES string of the molecule is [CH2]CCCOc1cc(CN(C)C)cc(OCCC[CH2])c1. The number of hydrogen-bond acceptors (Lipinski definition) is 3. The summed E-state index contributed by atoms with van der Waals surface area (Å²) in [6, 6.07) is 6.12. The summed E-state index contributed by atoms with van der Waals surface area (Å²) in [5.74, 6) is 1.75. The Morgan fingerprint density at radius 2 is 1.40 bits per heavy atom. The van der Waals surface area contributed by atoms with Gasteiger partial charge >= 0.3 is 0 Å². The van der Waals surface area contributed by atoms with E-state index in [1.54, 1.807) is 0 Å². The van der Waals surface area contributed by atoms with Crippen molar-refractivity contribution in [2.24, 2.45) is 0 Å². The van der Waals surface area contributed by atoms with Gasteiger partial charge in [-0.15, -0.1) is 0 Å². The summed E-state index contributed by atoms with van der Waals surface area (Å²) in [4.78, 5) is 2.13. The van der Waals surface area contributed by atoms with E-state index in [-0.39, 0.29) is 0 Å². The molecule has 1 rings (SSSR count). The maximum Gasteiger partial charge on any atom is 0.123 e. The van der Waals surface area contributed by atoms with Crippen molar-refractivity contribution >= 4 is 0 Å². The number of ether oxygens (including phenoxy) is 2. The van der Waals surface area contributed by atoms with E-state index in [2.05, 4.69) is 45.0 Å². The highest BCUT2D eigenvalue weighted by molar-refractivity contribution is 5.38. The standard InChI is InChI=1S/C17H27NO2/c1-5-7-9-19-16-11-15(14-18(3)4)12-17(13-16)20-10-8-6-2/h11-13H,1-2,5-10,14H2,3-4H3. The molecule has 1 aromatic carbocycles. The molecule has 1 aromatic rings. The fourth-order valence-electron chi connectivity index (χ4n) is 1.84. The first-order valence-corrected chi connectivity index (χ1v) is 7.28. The second-order valence-corrected chi connectivity index (χ2v) is 5.16. The Hall–Kier alpha value is -1.22. The molecule has 0 aliphatic carbocycles. The van der Waals surface area contributed by atoms with E-state index in [9.17, 15) is 0 Å². The zero-order chi connectivity index (χ0) is 14.8. The lowest BCUT2D eigenvalue weighted by atomic mass is 10.2. The van der Waals surface area contributed by atoms with Crippen LogP contribution in [0.1, 0.15) is 31.2 Å². The van der Waals surface area contributed by atoms with E-state index in [4.69, 9.17) is 9.47 Å². The second kappa shape index (κ2) is 9.65. The Bertz CT molecular complexity index is 349. The maximum atomic E-state index is 5.76. The summed E-state index contributed by atoms with van der Waals surface area (Å²) in [6.45, 7) is 9.92. The van der Waals surface area contributed by atoms with Crippen LogP contribution in [-0.2, 0) is 6.54 Å². The smallest absolute Gasteiger partial charge is 0.123 e. The third-order valence-corrected chi connectivity index (χ3v) is 2.76. The highest BCUT2D eigenvalue weighted by Gasteiger charge is 2.04. The first-order chi connectivity index (χ1) is 9.65. The van der Waals surface area contributed by atoms with E-state index in [1.165, 1.54) is 5.56 Å². The molecule has 112 valence electrons. The van der Waals surface area contributed by atoms with E-state index in [0.717, 1.165) is 43.7 Å². The topological polar surface area (TPSA) is 21.7 Å². The molecule has 0 bridgehead atoms. The van der Waals surface area contributed by atoms with Crippen molar-refractivity contribution in [3.63, 3.8) is 0 Å². The minimum Gasteiger partial charge on any atom is -0.493 e. The van der Waals surface area contributed by atoms with Crippen LogP contribution in [0.15, 0.2) is 18.2 Å². The molecule has 0 amide bonds. The summed E-state index contributed by atoms with van der Waals surface area (Å²) in [7, 11) is 4.11. The molecule has 0 atom stereocenters. The molecule has 2 radical (unpaired) electrons. The van der Waals surface area contributed by atoms with E-state index < -0.39 is 0 Å². The molecule has 3 heteroatoms. The summed E-state index contributed by atoms with van der Waals surface area (Å²) >= 11 is 0. The van der Waals surface area contributed by atoms with Gasteiger partial charge in [0.15, 0.2) is 0 Å². The van der Waals surface area contributed by atoms with Crippen molar-refractivity contribution in [1.29, 1.82) is 0 Å². The van der Waals surface area contributed by atoms with E-state index in [0.29, 0.717) is 13.2 Å². The molecule has 0 spiro atoms. The molecule has 0 heterocycles. The van der Waals surface area contributed by atoms with Crippen LogP contribution < -0.4 is 9.47 Å². The maximum absolute atomic E-state index is 5.76. The van der Waals surface area contributed by atoms with Gasteiger partial charge in [-0.2, -0.15) is 0 Å². The highest BCUT2D eigenvalue weighted by Crippen LogP contribution is 2.24. The fourth-order valence-corrected chi connectivity index (χ4v) is 1.84. The monoisotopic (exact) mass is 277 g/mol. The minimum absolute atomic E-state index is 0.702. The third kappa shape index (κ3) is 6.80. The molecule has 20 heavy (non-hydrogen) atoms. The Kier molecular flexibility index (Phi) is 8.12. The van der Waals surface area contributed by atoms with Gasteiger partial charge in [-0.3, -0.25) is 0 Å². The molecule has 0 unspecified atom stereocenters. The summed E-state index contributed by atoms with van der Waals surface area (Å²) in [6.07, 6.45) is 3.72. The van der Waals surface area contributed by atoms with Crippen molar-refractivity contribution in [3.05, 3.63) is 37.6 Å². The van der Waals surface area contributed by atoms with Gasteiger partial charge in [0, 0.05) is 12.6 Å². The normalized spacial score (nSPS) is 10.8. The summed E-state index contributed by atoms with van der Waals surface area (Å²) in [5.41, 5.74) is 1.20. The molecule has 0 aliphatic heterocycles. The van der Waals surface area contributed by atoms with Crippen LogP contribution in [0.5, 0.6) is 11.5 Å². The molecule has 0 aliphatic rings. The lowest BCUT2D eigenvalue weighted by Crippen LogP contribution is -2.11.